The van der Waals surface area contributed by atoms with Crippen molar-refractivity contribution < 1.29 is 9.59 Å². The molecule has 0 spiro atoms. The highest BCUT2D eigenvalue weighted by molar-refractivity contribution is 5.83. The van der Waals surface area contributed by atoms with Crippen LogP contribution in [0.5, 0.6) is 0 Å². The van der Waals surface area contributed by atoms with Gasteiger partial charge in [0.2, 0.25) is 11.8 Å². The van der Waals surface area contributed by atoms with E-state index in [1.54, 1.807) is 16.7 Å². The first kappa shape index (κ1) is 9.98. The molecule has 0 radical (unpaired) electrons. The average Bonchev–Trinajstić information content (AvgIpc) is 2.45. The molecule has 13 heavy (non-hydrogen) atoms. The Bertz CT molecular complexity index is 229. The predicted octanol–water partition coefficient (Wildman–Crippen LogP) is -1.02. The number of carbonyl (C=O) groups is 2. The summed E-state index contributed by atoms with van der Waals surface area (Å²) in [6, 6.07) is -0.361. The standard InChI is InChI=1S/C8H15N3O2/c1-3-10-5-11(4-7(10)12)6(2)8(9)13/h6H,3-5H2,1-2H3,(H2,9,13). The maximum atomic E-state index is 11.3. The summed E-state index contributed by atoms with van der Waals surface area (Å²) in [6.45, 7) is 5.13. The maximum absolute atomic E-state index is 11.3. The van der Waals surface area contributed by atoms with Crippen LogP contribution in [-0.2, 0) is 9.59 Å². The number of carbonyl (C=O) groups excluding carboxylic acids is 2. The minimum Gasteiger partial charge on any atom is -0.368 e. The van der Waals surface area contributed by atoms with Gasteiger partial charge in [0, 0.05) is 6.54 Å². The molecule has 0 aliphatic carbocycles. The van der Waals surface area contributed by atoms with E-state index in [0.717, 1.165) is 0 Å². The molecule has 1 atom stereocenters. The lowest BCUT2D eigenvalue weighted by Gasteiger charge is -2.20. The normalized spacial score (nSPS) is 20.8. The van der Waals surface area contributed by atoms with E-state index in [-0.39, 0.29) is 17.9 Å². The molecule has 1 rings (SSSR count). The third-order valence-electron chi connectivity index (χ3n) is 2.38. The Balaban J connectivity index is 2.57. The Hall–Kier alpha value is -1.10. The topological polar surface area (TPSA) is 66.6 Å². The van der Waals surface area contributed by atoms with Gasteiger partial charge in [-0.2, -0.15) is 0 Å². The fourth-order valence-corrected chi connectivity index (χ4v) is 1.34. The molecule has 0 aromatic carbocycles. The van der Waals surface area contributed by atoms with Crippen LogP contribution in [0, 0.1) is 0 Å². The van der Waals surface area contributed by atoms with Crippen molar-refractivity contribution in [3.8, 4) is 0 Å². The van der Waals surface area contributed by atoms with Crippen LogP contribution in [0.15, 0.2) is 0 Å². The molecule has 1 aliphatic heterocycles. The van der Waals surface area contributed by atoms with Crippen molar-refractivity contribution in [3.63, 3.8) is 0 Å². The predicted molar refractivity (Wildman–Crippen MR) is 47.6 cm³/mol. The second kappa shape index (κ2) is 3.74. The van der Waals surface area contributed by atoms with Gasteiger partial charge in [-0.1, -0.05) is 0 Å². The molecule has 2 amide bonds. The number of amides is 2. The summed E-state index contributed by atoms with van der Waals surface area (Å²) in [5.74, 6) is -0.318. The van der Waals surface area contributed by atoms with E-state index in [0.29, 0.717) is 19.8 Å². The third kappa shape index (κ3) is 1.98. The molecule has 1 fully saturated rings. The molecule has 5 heteroatoms. The summed E-state index contributed by atoms with van der Waals surface area (Å²) in [7, 11) is 0. The summed E-state index contributed by atoms with van der Waals surface area (Å²) in [4.78, 5) is 25.6. The minimum atomic E-state index is -0.384. The first-order valence-electron chi connectivity index (χ1n) is 4.37. The van der Waals surface area contributed by atoms with E-state index in [2.05, 4.69) is 0 Å². The van der Waals surface area contributed by atoms with E-state index < -0.39 is 0 Å². The zero-order valence-electron chi connectivity index (χ0n) is 7.99. The molecule has 1 aliphatic rings. The van der Waals surface area contributed by atoms with Gasteiger partial charge in [0.15, 0.2) is 0 Å². The van der Waals surface area contributed by atoms with Gasteiger partial charge in [0.1, 0.15) is 0 Å². The van der Waals surface area contributed by atoms with Crippen LogP contribution in [0.4, 0.5) is 0 Å². The molecule has 1 heterocycles. The van der Waals surface area contributed by atoms with Crippen molar-refractivity contribution in [1.82, 2.24) is 9.80 Å². The summed E-state index contributed by atoms with van der Waals surface area (Å²) in [5.41, 5.74) is 5.14. The lowest BCUT2D eigenvalue weighted by Crippen LogP contribution is -2.42. The number of rotatable bonds is 3. The van der Waals surface area contributed by atoms with Crippen molar-refractivity contribution in [3.05, 3.63) is 0 Å². The molecular weight excluding hydrogens is 170 g/mol. The second-order valence-electron chi connectivity index (χ2n) is 3.22. The van der Waals surface area contributed by atoms with Gasteiger partial charge in [-0.05, 0) is 13.8 Å². The highest BCUT2D eigenvalue weighted by Gasteiger charge is 2.31. The Morgan fingerprint density at radius 3 is 2.69 bits per heavy atom. The number of nitrogens with two attached hydrogens (primary N) is 1. The quantitative estimate of drug-likeness (QED) is 0.612. The van der Waals surface area contributed by atoms with Crippen LogP contribution in [0.1, 0.15) is 13.8 Å². The zero-order valence-corrected chi connectivity index (χ0v) is 7.99. The molecule has 0 saturated carbocycles. The number of hydrogen-bond acceptors (Lipinski definition) is 3. The molecule has 2 N–H and O–H groups in total. The molecule has 0 aromatic heterocycles. The number of likely N-dealkylation sites (N-methyl/N-ethyl adjacent to an activating group) is 1. The van der Waals surface area contributed by atoms with Crippen molar-refractivity contribution >= 4 is 11.8 Å². The Morgan fingerprint density at radius 1 is 1.69 bits per heavy atom. The summed E-state index contributed by atoms with van der Waals surface area (Å²) < 4.78 is 0. The fourth-order valence-electron chi connectivity index (χ4n) is 1.34. The molecule has 0 aromatic rings. The largest absolute Gasteiger partial charge is 0.368 e. The Kier molecular flexibility index (Phi) is 2.87. The van der Waals surface area contributed by atoms with Gasteiger partial charge in [-0.25, -0.2) is 0 Å². The average molecular weight is 185 g/mol. The molecule has 74 valence electrons. The number of primary amides is 1. The lowest BCUT2D eigenvalue weighted by atomic mass is 10.3. The van der Waals surface area contributed by atoms with Crippen molar-refractivity contribution in [1.29, 1.82) is 0 Å². The Labute approximate surface area is 77.5 Å². The van der Waals surface area contributed by atoms with Gasteiger partial charge in [-0.15, -0.1) is 0 Å². The van der Waals surface area contributed by atoms with Crippen LogP contribution in [0.2, 0.25) is 0 Å². The summed E-state index contributed by atoms with van der Waals surface area (Å²) >= 11 is 0. The minimum absolute atomic E-state index is 0.0654. The van der Waals surface area contributed by atoms with Gasteiger partial charge in [0.05, 0.1) is 19.3 Å². The van der Waals surface area contributed by atoms with Crippen LogP contribution in [-0.4, -0.2) is 47.4 Å². The molecule has 0 bridgehead atoms. The Morgan fingerprint density at radius 2 is 2.31 bits per heavy atom. The summed E-state index contributed by atoms with van der Waals surface area (Å²) in [6.07, 6.45) is 0. The lowest BCUT2D eigenvalue weighted by molar-refractivity contribution is -0.126. The highest BCUT2D eigenvalue weighted by atomic mass is 16.2. The second-order valence-corrected chi connectivity index (χ2v) is 3.22. The number of hydrogen-bond donors (Lipinski definition) is 1. The van der Waals surface area contributed by atoms with Crippen molar-refractivity contribution in [2.45, 2.75) is 19.9 Å². The van der Waals surface area contributed by atoms with Crippen molar-refractivity contribution in [2.75, 3.05) is 19.8 Å². The maximum Gasteiger partial charge on any atom is 0.237 e. The molecule has 5 nitrogen and oxygen atoms in total. The van der Waals surface area contributed by atoms with Crippen LogP contribution >= 0.6 is 0 Å². The molecule has 1 saturated heterocycles. The van der Waals surface area contributed by atoms with Crippen molar-refractivity contribution in [2.24, 2.45) is 5.73 Å². The first-order chi connectivity index (χ1) is 6.06. The van der Waals surface area contributed by atoms with E-state index >= 15 is 0 Å². The van der Waals surface area contributed by atoms with Crippen LogP contribution in [0.3, 0.4) is 0 Å². The van der Waals surface area contributed by atoms with Gasteiger partial charge < -0.3 is 10.6 Å². The van der Waals surface area contributed by atoms with Gasteiger partial charge >= 0.3 is 0 Å². The number of nitrogens with zero attached hydrogens (tertiary/aromatic N) is 2. The van der Waals surface area contributed by atoms with E-state index in [4.69, 9.17) is 5.73 Å². The monoisotopic (exact) mass is 185 g/mol. The zero-order chi connectivity index (χ0) is 10.0. The molecule has 1 unspecified atom stereocenters. The van der Waals surface area contributed by atoms with E-state index in [1.807, 2.05) is 6.92 Å². The smallest absolute Gasteiger partial charge is 0.237 e. The SMILES string of the molecule is CCN1CN(C(C)C(N)=O)CC1=O. The van der Waals surface area contributed by atoms with Gasteiger partial charge in [0.25, 0.3) is 0 Å². The van der Waals surface area contributed by atoms with Gasteiger partial charge in [-0.3, -0.25) is 14.5 Å². The first-order valence-corrected chi connectivity index (χ1v) is 4.37. The summed E-state index contributed by atoms with van der Waals surface area (Å²) in [5, 5.41) is 0. The van der Waals surface area contributed by atoms with E-state index in [1.165, 1.54) is 0 Å². The highest BCUT2D eigenvalue weighted by Crippen LogP contribution is 2.09. The third-order valence-corrected chi connectivity index (χ3v) is 2.38. The molecular formula is C8H15N3O2. The fraction of sp³-hybridized carbons (Fsp3) is 0.750. The van der Waals surface area contributed by atoms with Crippen LogP contribution < -0.4 is 5.73 Å². The van der Waals surface area contributed by atoms with Crippen LogP contribution in [0.25, 0.3) is 0 Å². The van der Waals surface area contributed by atoms with E-state index in [9.17, 15) is 9.59 Å².